The zero-order valence-electron chi connectivity index (χ0n) is 9.72. The first kappa shape index (κ1) is 10.6. The van der Waals surface area contributed by atoms with Gasteiger partial charge in [0.15, 0.2) is 0 Å². The van der Waals surface area contributed by atoms with Crippen molar-refractivity contribution in [3.8, 4) is 0 Å². The molecular formula is C13H18N2S. The van der Waals surface area contributed by atoms with Crippen LogP contribution in [0, 0.1) is 5.41 Å². The van der Waals surface area contributed by atoms with E-state index in [0.29, 0.717) is 5.41 Å². The predicted octanol–water partition coefficient (Wildman–Crippen LogP) is 3.35. The molecule has 2 aliphatic rings. The molecule has 2 nitrogen and oxygen atoms in total. The number of hydrogen-bond donors (Lipinski definition) is 0. The maximum Gasteiger partial charge on any atom is 0.0279 e. The van der Waals surface area contributed by atoms with E-state index in [9.17, 15) is 0 Å². The smallest absolute Gasteiger partial charge is 0.0279 e. The standard InChI is InChI=1S/C13H18N2S/c1-11-9-13(5-2-6-13)10-15(11)16-12-3-7-14-8-4-12/h3-4,7-8,11H,2,5-6,9-10H2,1H3. The maximum atomic E-state index is 4.06. The Hall–Kier alpha value is -0.540. The molecule has 3 rings (SSSR count). The molecule has 0 amide bonds. The minimum Gasteiger partial charge on any atom is -0.265 e. The van der Waals surface area contributed by atoms with Crippen molar-refractivity contribution in [3.05, 3.63) is 24.5 Å². The lowest BCUT2D eigenvalue weighted by atomic mass is 9.68. The molecule has 2 fully saturated rings. The average molecular weight is 234 g/mol. The van der Waals surface area contributed by atoms with Crippen LogP contribution in [0.4, 0.5) is 0 Å². The first-order chi connectivity index (χ1) is 7.77. The maximum absolute atomic E-state index is 4.06. The van der Waals surface area contributed by atoms with Crippen molar-refractivity contribution >= 4 is 11.9 Å². The molecule has 1 aromatic heterocycles. The number of hydrogen-bond acceptors (Lipinski definition) is 3. The molecule has 86 valence electrons. The zero-order chi connectivity index (χ0) is 11.0. The summed E-state index contributed by atoms with van der Waals surface area (Å²) in [6, 6.07) is 4.92. The van der Waals surface area contributed by atoms with E-state index in [1.54, 1.807) is 0 Å². The molecule has 1 aliphatic carbocycles. The van der Waals surface area contributed by atoms with Crippen LogP contribution in [-0.2, 0) is 0 Å². The van der Waals surface area contributed by atoms with Gasteiger partial charge in [-0.2, -0.15) is 0 Å². The van der Waals surface area contributed by atoms with E-state index in [2.05, 4.69) is 28.3 Å². The number of aromatic nitrogens is 1. The van der Waals surface area contributed by atoms with Gasteiger partial charge in [-0.15, -0.1) is 0 Å². The van der Waals surface area contributed by atoms with Crippen molar-refractivity contribution in [2.75, 3.05) is 6.54 Å². The molecule has 1 atom stereocenters. The van der Waals surface area contributed by atoms with Gasteiger partial charge in [0.25, 0.3) is 0 Å². The molecule has 1 aliphatic heterocycles. The second-order valence-electron chi connectivity index (χ2n) is 5.26. The first-order valence-electron chi connectivity index (χ1n) is 6.12. The van der Waals surface area contributed by atoms with E-state index in [1.165, 1.54) is 37.1 Å². The third-order valence-corrected chi connectivity index (χ3v) is 5.20. The molecule has 1 spiro atoms. The third-order valence-electron chi connectivity index (χ3n) is 4.00. The summed E-state index contributed by atoms with van der Waals surface area (Å²) in [6.45, 7) is 3.64. The van der Waals surface area contributed by atoms with Crippen molar-refractivity contribution in [1.29, 1.82) is 0 Å². The fraction of sp³-hybridized carbons (Fsp3) is 0.615. The highest BCUT2D eigenvalue weighted by atomic mass is 32.2. The van der Waals surface area contributed by atoms with E-state index in [4.69, 9.17) is 0 Å². The van der Waals surface area contributed by atoms with Gasteiger partial charge in [-0.1, -0.05) is 6.42 Å². The highest BCUT2D eigenvalue weighted by molar-refractivity contribution is 7.97. The van der Waals surface area contributed by atoms with Crippen LogP contribution in [0.2, 0.25) is 0 Å². The summed E-state index contributed by atoms with van der Waals surface area (Å²) >= 11 is 1.90. The summed E-state index contributed by atoms with van der Waals surface area (Å²) in [4.78, 5) is 5.38. The lowest BCUT2D eigenvalue weighted by Gasteiger charge is -2.38. The Balaban J connectivity index is 1.67. The van der Waals surface area contributed by atoms with E-state index in [0.717, 1.165) is 6.04 Å². The van der Waals surface area contributed by atoms with E-state index in [1.807, 2.05) is 24.3 Å². The SMILES string of the molecule is CC1CC2(CCC2)CN1Sc1ccncc1. The second kappa shape index (κ2) is 4.04. The Morgan fingerprint density at radius 1 is 1.38 bits per heavy atom. The second-order valence-corrected chi connectivity index (χ2v) is 6.38. The number of rotatable bonds is 2. The van der Waals surface area contributed by atoms with Gasteiger partial charge in [-0.05, 0) is 55.7 Å². The van der Waals surface area contributed by atoms with Crippen LogP contribution < -0.4 is 0 Å². The minimum atomic E-state index is 0.680. The Morgan fingerprint density at radius 3 is 2.69 bits per heavy atom. The third kappa shape index (κ3) is 1.87. The van der Waals surface area contributed by atoms with Crippen LogP contribution in [0.15, 0.2) is 29.4 Å². The number of nitrogens with zero attached hydrogens (tertiary/aromatic N) is 2. The minimum absolute atomic E-state index is 0.680. The molecular weight excluding hydrogens is 216 g/mol. The van der Waals surface area contributed by atoms with Gasteiger partial charge in [0.1, 0.15) is 0 Å². The molecule has 0 radical (unpaired) electrons. The molecule has 1 saturated heterocycles. The summed E-state index contributed by atoms with van der Waals surface area (Å²) < 4.78 is 2.56. The predicted molar refractivity (Wildman–Crippen MR) is 67.2 cm³/mol. The van der Waals surface area contributed by atoms with Gasteiger partial charge >= 0.3 is 0 Å². The zero-order valence-corrected chi connectivity index (χ0v) is 10.5. The highest BCUT2D eigenvalue weighted by Gasteiger charge is 2.46. The Bertz CT molecular complexity index is 361. The lowest BCUT2D eigenvalue weighted by Crippen LogP contribution is -2.31. The lowest BCUT2D eigenvalue weighted by molar-refractivity contribution is 0.154. The Kier molecular flexibility index (Phi) is 2.68. The van der Waals surface area contributed by atoms with E-state index in [-0.39, 0.29) is 0 Å². The summed E-state index contributed by atoms with van der Waals surface area (Å²) in [7, 11) is 0. The van der Waals surface area contributed by atoms with Crippen molar-refractivity contribution in [2.45, 2.75) is 43.5 Å². The van der Waals surface area contributed by atoms with Gasteiger partial charge < -0.3 is 0 Å². The van der Waals surface area contributed by atoms with Crippen LogP contribution in [0.5, 0.6) is 0 Å². The molecule has 0 aromatic carbocycles. The largest absolute Gasteiger partial charge is 0.265 e. The fourth-order valence-electron chi connectivity index (χ4n) is 2.98. The molecule has 16 heavy (non-hydrogen) atoms. The van der Waals surface area contributed by atoms with Crippen molar-refractivity contribution in [3.63, 3.8) is 0 Å². The van der Waals surface area contributed by atoms with Crippen LogP contribution in [0.3, 0.4) is 0 Å². The normalized spacial score (nSPS) is 28.2. The van der Waals surface area contributed by atoms with Gasteiger partial charge in [0.2, 0.25) is 0 Å². The molecule has 1 aromatic rings. The van der Waals surface area contributed by atoms with Gasteiger partial charge in [-0.25, -0.2) is 4.31 Å². The van der Waals surface area contributed by atoms with Gasteiger partial charge in [0.05, 0.1) is 0 Å². The summed E-state index contributed by atoms with van der Waals surface area (Å²) in [6.07, 6.45) is 9.49. The molecule has 0 N–H and O–H groups in total. The van der Waals surface area contributed by atoms with Gasteiger partial charge in [-0.3, -0.25) is 4.98 Å². The molecule has 2 heterocycles. The Labute approximate surface area is 102 Å². The van der Waals surface area contributed by atoms with Crippen LogP contribution in [0.25, 0.3) is 0 Å². The van der Waals surface area contributed by atoms with E-state index >= 15 is 0 Å². The summed E-state index contributed by atoms with van der Waals surface area (Å²) in [5.74, 6) is 0. The monoisotopic (exact) mass is 234 g/mol. The highest BCUT2D eigenvalue weighted by Crippen LogP contribution is 2.52. The average Bonchev–Trinajstić information content (AvgIpc) is 2.58. The van der Waals surface area contributed by atoms with Crippen LogP contribution in [-0.4, -0.2) is 21.9 Å². The van der Waals surface area contributed by atoms with Crippen LogP contribution >= 0.6 is 11.9 Å². The van der Waals surface area contributed by atoms with Crippen LogP contribution in [0.1, 0.15) is 32.6 Å². The van der Waals surface area contributed by atoms with E-state index < -0.39 is 0 Å². The quantitative estimate of drug-likeness (QED) is 0.730. The van der Waals surface area contributed by atoms with Crippen molar-refractivity contribution in [1.82, 2.24) is 9.29 Å². The number of pyridine rings is 1. The van der Waals surface area contributed by atoms with Gasteiger partial charge in [0, 0.05) is 29.9 Å². The Morgan fingerprint density at radius 2 is 2.12 bits per heavy atom. The molecule has 1 saturated carbocycles. The van der Waals surface area contributed by atoms with Crippen molar-refractivity contribution < 1.29 is 0 Å². The summed E-state index contributed by atoms with van der Waals surface area (Å²) in [5, 5.41) is 0. The molecule has 1 unspecified atom stereocenters. The van der Waals surface area contributed by atoms with Crippen molar-refractivity contribution in [2.24, 2.45) is 5.41 Å². The topological polar surface area (TPSA) is 16.1 Å². The fourth-order valence-corrected chi connectivity index (χ4v) is 4.08. The first-order valence-corrected chi connectivity index (χ1v) is 6.89. The molecule has 3 heteroatoms. The summed E-state index contributed by atoms with van der Waals surface area (Å²) in [5.41, 5.74) is 0.680. The molecule has 0 bridgehead atoms.